The molecule has 0 saturated carbocycles. The molecule has 156 valence electrons. The molecule has 7 heteroatoms. The third-order valence-corrected chi connectivity index (χ3v) is 6.03. The standard InChI is InChI=1S/C22H26Cl2N2O2S/c1-3-12-25-22(28)16(2)26(13-18-6-4-5-7-20(18)24)21(27)15-29-14-17-8-10-19(23)11-9-17/h4-11,16H,3,12-15H2,1-2H3,(H,25,28)/t16-/m1/s1. The van der Waals surface area contributed by atoms with Gasteiger partial charge in [-0.2, -0.15) is 0 Å². The van der Waals surface area contributed by atoms with Crippen LogP contribution in [0.4, 0.5) is 0 Å². The highest BCUT2D eigenvalue weighted by atomic mass is 35.5. The van der Waals surface area contributed by atoms with Crippen LogP contribution in [0.2, 0.25) is 10.0 Å². The minimum Gasteiger partial charge on any atom is -0.354 e. The van der Waals surface area contributed by atoms with Crippen LogP contribution in [0.5, 0.6) is 0 Å². The Morgan fingerprint density at radius 1 is 1.10 bits per heavy atom. The summed E-state index contributed by atoms with van der Waals surface area (Å²) in [6, 6.07) is 14.4. The van der Waals surface area contributed by atoms with Gasteiger partial charge in [0, 0.05) is 28.9 Å². The van der Waals surface area contributed by atoms with Crippen LogP contribution in [0, 0.1) is 0 Å². The van der Waals surface area contributed by atoms with E-state index in [0.29, 0.717) is 28.9 Å². The molecule has 1 N–H and O–H groups in total. The van der Waals surface area contributed by atoms with E-state index >= 15 is 0 Å². The number of thioether (sulfide) groups is 1. The number of halogens is 2. The van der Waals surface area contributed by atoms with Gasteiger partial charge in [-0.15, -0.1) is 11.8 Å². The first-order chi connectivity index (χ1) is 13.9. The number of hydrogen-bond donors (Lipinski definition) is 1. The lowest BCUT2D eigenvalue weighted by atomic mass is 10.1. The SMILES string of the molecule is CCCNC(=O)[C@@H](C)N(Cc1ccccc1Cl)C(=O)CSCc1ccc(Cl)cc1. The van der Waals surface area contributed by atoms with Crippen LogP contribution in [0.1, 0.15) is 31.4 Å². The number of carbonyl (C=O) groups excluding carboxylic acids is 2. The van der Waals surface area contributed by atoms with E-state index < -0.39 is 6.04 Å². The van der Waals surface area contributed by atoms with Crippen molar-refractivity contribution in [2.24, 2.45) is 0 Å². The van der Waals surface area contributed by atoms with E-state index in [0.717, 1.165) is 17.5 Å². The quantitative estimate of drug-likeness (QED) is 0.540. The Balaban J connectivity index is 2.05. The second kappa shape index (κ2) is 12.1. The highest BCUT2D eigenvalue weighted by molar-refractivity contribution is 7.99. The Morgan fingerprint density at radius 2 is 1.79 bits per heavy atom. The number of nitrogens with zero attached hydrogens (tertiary/aromatic N) is 1. The third kappa shape index (κ3) is 7.57. The maximum Gasteiger partial charge on any atom is 0.242 e. The van der Waals surface area contributed by atoms with Crippen molar-refractivity contribution in [2.45, 2.75) is 38.6 Å². The first kappa shape index (κ1) is 23.6. The fraction of sp³-hybridized carbons (Fsp3) is 0.364. The molecule has 0 aliphatic rings. The molecule has 2 aromatic rings. The molecule has 0 unspecified atom stereocenters. The van der Waals surface area contributed by atoms with Gasteiger partial charge in [0.25, 0.3) is 0 Å². The predicted octanol–water partition coefficient (Wildman–Crippen LogP) is 5.17. The van der Waals surface area contributed by atoms with Gasteiger partial charge >= 0.3 is 0 Å². The van der Waals surface area contributed by atoms with Gasteiger partial charge in [0.2, 0.25) is 11.8 Å². The van der Waals surface area contributed by atoms with Crippen LogP contribution in [-0.4, -0.2) is 35.1 Å². The predicted molar refractivity (Wildman–Crippen MR) is 122 cm³/mol. The maximum absolute atomic E-state index is 13.0. The smallest absolute Gasteiger partial charge is 0.242 e. The second-order valence-electron chi connectivity index (χ2n) is 6.70. The van der Waals surface area contributed by atoms with Gasteiger partial charge in [-0.3, -0.25) is 9.59 Å². The molecule has 0 fully saturated rings. The average Bonchev–Trinajstić information content (AvgIpc) is 2.72. The molecule has 2 aromatic carbocycles. The molecular weight excluding hydrogens is 427 g/mol. The zero-order valence-electron chi connectivity index (χ0n) is 16.7. The number of benzene rings is 2. The van der Waals surface area contributed by atoms with Crippen molar-refractivity contribution in [1.29, 1.82) is 0 Å². The van der Waals surface area contributed by atoms with Crippen molar-refractivity contribution in [3.8, 4) is 0 Å². The van der Waals surface area contributed by atoms with Gasteiger partial charge < -0.3 is 10.2 Å². The lowest BCUT2D eigenvalue weighted by molar-refractivity contribution is -0.138. The van der Waals surface area contributed by atoms with Crippen LogP contribution in [0.3, 0.4) is 0 Å². The first-order valence-electron chi connectivity index (χ1n) is 9.55. The average molecular weight is 453 g/mol. The van der Waals surface area contributed by atoms with Crippen LogP contribution in [0.15, 0.2) is 48.5 Å². The zero-order valence-corrected chi connectivity index (χ0v) is 19.0. The van der Waals surface area contributed by atoms with Crippen LogP contribution in [-0.2, 0) is 21.9 Å². The van der Waals surface area contributed by atoms with Crippen LogP contribution in [0.25, 0.3) is 0 Å². The molecule has 0 bridgehead atoms. The van der Waals surface area contributed by atoms with E-state index in [9.17, 15) is 9.59 Å². The van der Waals surface area contributed by atoms with Gasteiger partial charge in [-0.05, 0) is 42.7 Å². The molecule has 0 aliphatic heterocycles. The van der Waals surface area contributed by atoms with E-state index in [-0.39, 0.29) is 17.6 Å². The van der Waals surface area contributed by atoms with Gasteiger partial charge in [-0.25, -0.2) is 0 Å². The van der Waals surface area contributed by atoms with Crippen LogP contribution >= 0.6 is 35.0 Å². The highest BCUT2D eigenvalue weighted by Gasteiger charge is 2.26. The Morgan fingerprint density at radius 3 is 2.45 bits per heavy atom. The highest BCUT2D eigenvalue weighted by Crippen LogP contribution is 2.21. The topological polar surface area (TPSA) is 49.4 Å². The fourth-order valence-electron chi connectivity index (χ4n) is 2.71. The summed E-state index contributed by atoms with van der Waals surface area (Å²) in [7, 11) is 0. The summed E-state index contributed by atoms with van der Waals surface area (Å²) in [4.78, 5) is 27.1. The molecule has 0 aromatic heterocycles. The Kier molecular flexibility index (Phi) is 9.85. The number of carbonyl (C=O) groups is 2. The van der Waals surface area contributed by atoms with Crippen molar-refractivity contribution in [3.05, 3.63) is 69.7 Å². The zero-order chi connectivity index (χ0) is 21.2. The Labute approximate surface area is 187 Å². The maximum atomic E-state index is 13.0. The lowest BCUT2D eigenvalue weighted by Crippen LogP contribution is -2.48. The van der Waals surface area contributed by atoms with E-state index in [1.807, 2.05) is 49.4 Å². The Bertz CT molecular complexity index is 815. The summed E-state index contributed by atoms with van der Waals surface area (Å²) in [6.07, 6.45) is 0.841. The number of hydrogen-bond acceptors (Lipinski definition) is 3. The van der Waals surface area contributed by atoms with E-state index in [4.69, 9.17) is 23.2 Å². The summed E-state index contributed by atoms with van der Waals surface area (Å²) in [5.74, 6) is 0.718. The van der Waals surface area contributed by atoms with E-state index in [1.165, 1.54) is 11.8 Å². The summed E-state index contributed by atoms with van der Waals surface area (Å²) >= 11 is 13.7. The van der Waals surface area contributed by atoms with Crippen molar-refractivity contribution in [1.82, 2.24) is 10.2 Å². The molecule has 0 heterocycles. The number of amides is 2. The molecule has 0 saturated heterocycles. The van der Waals surface area contributed by atoms with Gasteiger partial charge in [0.15, 0.2) is 0 Å². The normalized spacial score (nSPS) is 11.7. The van der Waals surface area contributed by atoms with Crippen molar-refractivity contribution < 1.29 is 9.59 Å². The first-order valence-corrected chi connectivity index (χ1v) is 11.5. The number of rotatable bonds is 10. The summed E-state index contributed by atoms with van der Waals surface area (Å²) in [6.45, 7) is 4.62. The molecule has 29 heavy (non-hydrogen) atoms. The lowest BCUT2D eigenvalue weighted by Gasteiger charge is -2.29. The minimum atomic E-state index is -0.582. The molecule has 2 amide bonds. The van der Waals surface area contributed by atoms with Crippen LogP contribution < -0.4 is 5.32 Å². The molecule has 2 rings (SSSR count). The van der Waals surface area contributed by atoms with Crippen molar-refractivity contribution >= 4 is 46.8 Å². The summed E-state index contributed by atoms with van der Waals surface area (Å²) < 4.78 is 0. The van der Waals surface area contributed by atoms with Gasteiger partial charge in [0.05, 0.1) is 5.75 Å². The summed E-state index contributed by atoms with van der Waals surface area (Å²) in [5, 5.41) is 4.14. The molecule has 0 radical (unpaired) electrons. The molecule has 0 spiro atoms. The van der Waals surface area contributed by atoms with Gasteiger partial charge in [-0.1, -0.05) is 60.5 Å². The third-order valence-electron chi connectivity index (χ3n) is 4.42. The molecular formula is C22H26Cl2N2O2S. The van der Waals surface area contributed by atoms with Crippen molar-refractivity contribution in [3.63, 3.8) is 0 Å². The fourth-order valence-corrected chi connectivity index (χ4v) is 3.90. The Hall–Kier alpha value is -1.69. The molecule has 4 nitrogen and oxygen atoms in total. The largest absolute Gasteiger partial charge is 0.354 e. The van der Waals surface area contributed by atoms with Crippen molar-refractivity contribution in [2.75, 3.05) is 12.3 Å². The van der Waals surface area contributed by atoms with Gasteiger partial charge in [0.1, 0.15) is 6.04 Å². The molecule has 1 atom stereocenters. The van der Waals surface area contributed by atoms with E-state index in [1.54, 1.807) is 17.9 Å². The summed E-state index contributed by atoms with van der Waals surface area (Å²) in [5.41, 5.74) is 1.92. The number of nitrogens with one attached hydrogen (secondary N) is 1. The minimum absolute atomic E-state index is 0.0944. The van der Waals surface area contributed by atoms with E-state index in [2.05, 4.69) is 5.32 Å². The second-order valence-corrected chi connectivity index (χ2v) is 8.53. The molecule has 0 aliphatic carbocycles. The monoisotopic (exact) mass is 452 g/mol.